The van der Waals surface area contributed by atoms with Gasteiger partial charge in [0.1, 0.15) is 11.5 Å². The Morgan fingerprint density at radius 3 is 1.24 bits per heavy atom. The lowest BCUT2D eigenvalue weighted by Crippen LogP contribution is -2.13. The van der Waals surface area contributed by atoms with Gasteiger partial charge in [0.15, 0.2) is 14.7 Å². The Kier molecular flexibility index (Phi) is 7.29. The Balaban J connectivity index is 2.02. The van der Waals surface area contributed by atoms with Crippen LogP contribution in [0.4, 0.5) is 0 Å². The van der Waals surface area contributed by atoms with Crippen LogP contribution < -0.4 is 4.74 Å². The standard InChI is InChI=1S/C31H37OS/c1-22(2)23(3)32-26-14-20-29(21-15-26)33(27-16-10-24(11-17-27)30(4,5)6)28-18-12-25(13-19-28)31(7,8)9/h10-21H,1,3H2,2,4-9H3/q+1. The molecule has 0 aliphatic carbocycles. The summed E-state index contributed by atoms with van der Waals surface area (Å²) in [6.07, 6.45) is 0. The van der Waals surface area contributed by atoms with Crippen LogP contribution in [-0.4, -0.2) is 0 Å². The van der Waals surface area contributed by atoms with Gasteiger partial charge in [0.05, 0.1) is 10.9 Å². The Morgan fingerprint density at radius 1 is 0.606 bits per heavy atom. The van der Waals surface area contributed by atoms with E-state index in [4.69, 9.17) is 4.74 Å². The monoisotopic (exact) mass is 457 g/mol. The predicted molar refractivity (Wildman–Crippen MR) is 143 cm³/mol. The van der Waals surface area contributed by atoms with Gasteiger partial charge in [-0.25, -0.2) is 0 Å². The molecule has 0 aliphatic heterocycles. The maximum atomic E-state index is 5.84. The lowest BCUT2D eigenvalue weighted by molar-refractivity contribution is 0.439. The summed E-state index contributed by atoms with van der Waals surface area (Å²) in [5, 5.41) is 0. The quantitative estimate of drug-likeness (QED) is 0.204. The highest BCUT2D eigenvalue weighted by Gasteiger charge is 2.30. The Labute approximate surface area is 203 Å². The first-order valence-electron chi connectivity index (χ1n) is 11.4. The molecule has 33 heavy (non-hydrogen) atoms. The largest absolute Gasteiger partial charge is 0.458 e. The Bertz CT molecular complexity index is 1050. The third kappa shape index (κ3) is 6.21. The molecule has 0 atom stereocenters. The van der Waals surface area contributed by atoms with Crippen molar-refractivity contribution in [1.82, 2.24) is 0 Å². The smallest absolute Gasteiger partial charge is 0.166 e. The highest BCUT2D eigenvalue weighted by atomic mass is 32.2. The lowest BCUT2D eigenvalue weighted by atomic mass is 9.87. The first-order valence-corrected chi connectivity index (χ1v) is 12.7. The van der Waals surface area contributed by atoms with E-state index in [2.05, 4.69) is 115 Å². The van der Waals surface area contributed by atoms with Crippen molar-refractivity contribution in [2.75, 3.05) is 0 Å². The predicted octanol–water partition coefficient (Wildman–Crippen LogP) is 8.85. The van der Waals surface area contributed by atoms with Crippen molar-refractivity contribution in [3.05, 3.63) is 108 Å². The second-order valence-electron chi connectivity index (χ2n) is 10.6. The minimum absolute atomic E-state index is 0.135. The van der Waals surface area contributed by atoms with Gasteiger partial charge in [0.25, 0.3) is 0 Å². The van der Waals surface area contributed by atoms with Gasteiger partial charge in [-0.2, -0.15) is 0 Å². The molecule has 0 saturated heterocycles. The van der Waals surface area contributed by atoms with Crippen molar-refractivity contribution < 1.29 is 4.74 Å². The summed E-state index contributed by atoms with van der Waals surface area (Å²) in [5.41, 5.74) is 3.79. The summed E-state index contributed by atoms with van der Waals surface area (Å²) < 4.78 is 5.84. The summed E-state index contributed by atoms with van der Waals surface area (Å²) in [5.74, 6) is 1.37. The molecule has 0 saturated carbocycles. The second kappa shape index (κ2) is 9.65. The van der Waals surface area contributed by atoms with Crippen molar-refractivity contribution in [2.24, 2.45) is 0 Å². The van der Waals surface area contributed by atoms with Crippen molar-refractivity contribution in [2.45, 2.75) is 74.0 Å². The molecule has 0 unspecified atom stereocenters. The zero-order chi connectivity index (χ0) is 24.4. The average Bonchev–Trinajstić information content (AvgIpc) is 2.74. The maximum absolute atomic E-state index is 5.84. The molecular formula is C31H37OS+. The van der Waals surface area contributed by atoms with Gasteiger partial charge in [-0.05, 0) is 83.0 Å². The second-order valence-corrected chi connectivity index (χ2v) is 12.7. The van der Waals surface area contributed by atoms with Crippen molar-refractivity contribution in [1.29, 1.82) is 0 Å². The van der Waals surface area contributed by atoms with Crippen LogP contribution in [0.1, 0.15) is 59.6 Å². The van der Waals surface area contributed by atoms with Crippen LogP contribution >= 0.6 is 0 Å². The molecule has 3 aromatic rings. The van der Waals surface area contributed by atoms with Gasteiger partial charge in [0.2, 0.25) is 0 Å². The number of allylic oxidation sites excluding steroid dienone is 1. The highest BCUT2D eigenvalue weighted by Crippen LogP contribution is 2.35. The van der Waals surface area contributed by atoms with Crippen LogP contribution in [0, 0.1) is 0 Å². The number of hydrogen-bond acceptors (Lipinski definition) is 1. The van der Waals surface area contributed by atoms with Crippen LogP contribution in [-0.2, 0) is 21.7 Å². The topological polar surface area (TPSA) is 9.23 Å². The third-order valence-electron chi connectivity index (χ3n) is 5.69. The first-order chi connectivity index (χ1) is 15.4. The summed E-state index contributed by atoms with van der Waals surface area (Å²) in [7, 11) is -0.210. The van der Waals surface area contributed by atoms with E-state index in [1.165, 1.54) is 25.8 Å². The molecule has 3 aromatic carbocycles. The van der Waals surface area contributed by atoms with E-state index in [1.807, 2.05) is 19.1 Å². The molecule has 0 spiro atoms. The molecule has 0 N–H and O–H groups in total. The average molecular weight is 458 g/mol. The van der Waals surface area contributed by atoms with E-state index in [1.54, 1.807) is 0 Å². The van der Waals surface area contributed by atoms with E-state index >= 15 is 0 Å². The van der Waals surface area contributed by atoms with Gasteiger partial charge < -0.3 is 4.74 Å². The summed E-state index contributed by atoms with van der Waals surface area (Å²) in [6, 6.07) is 26.6. The first kappa shape index (κ1) is 24.9. The van der Waals surface area contributed by atoms with E-state index < -0.39 is 0 Å². The number of ether oxygens (including phenoxy) is 1. The molecule has 0 heterocycles. The lowest BCUT2D eigenvalue weighted by Gasteiger charge is -2.20. The molecule has 0 aromatic heterocycles. The molecular weight excluding hydrogens is 420 g/mol. The van der Waals surface area contributed by atoms with E-state index in [0.717, 1.165) is 11.3 Å². The minimum atomic E-state index is -0.210. The summed E-state index contributed by atoms with van der Waals surface area (Å²) >= 11 is 0. The van der Waals surface area contributed by atoms with Gasteiger partial charge in [-0.1, -0.05) is 79.0 Å². The van der Waals surface area contributed by atoms with Crippen LogP contribution in [0.15, 0.2) is 112 Å². The van der Waals surface area contributed by atoms with E-state index in [0.29, 0.717) is 5.76 Å². The number of hydrogen-bond donors (Lipinski definition) is 0. The fraction of sp³-hybridized carbons (Fsp3) is 0.290. The van der Waals surface area contributed by atoms with Crippen molar-refractivity contribution >= 4 is 10.9 Å². The van der Waals surface area contributed by atoms with Crippen molar-refractivity contribution in [3.8, 4) is 5.75 Å². The molecule has 172 valence electrons. The van der Waals surface area contributed by atoms with Crippen LogP contribution in [0.3, 0.4) is 0 Å². The minimum Gasteiger partial charge on any atom is -0.458 e. The van der Waals surface area contributed by atoms with Crippen LogP contribution in [0.5, 0.6) is 5.75 Å². The molecule has 0 aliphatic rings. The number of rotatable bonds is 6. The van der Waals surface area contributed by atoms with Crippen LogP contribution in [0.25, 0.3) is 0 Å². The summed E-state index contributed by atoms with van der Waals surface area (Å²) in [6.45, 7) is 23.3. The van der Waals surface area contributed by atoms with Gasteiger partial charge in [-0.3, -0.25) is 0 Å². The molecule has 0 fully saturated rings. The SMILES string of the molecule is C=C(C)C(=C)Oc1ccc([S+](c2ccc(C(C)(C)C)cc2)c2ccc(C(C)(C)C)cc2)cc1. The van der Waals surface area contributed by atoms with E-state index in [9.17, 15) is 0 Å². The zero-order valence-electron chi connectivity index (χ0n) is 21.2. The molecule has 3 rings (SSSR count). The van der Waals surface area contributed by atoms with Gasteiger partial charge in [-0.15, -0.1) is 0 Å². The fourth-order valence-corrected chi connectivity index (χ4v) is 5.50. The zero-order valence-corrected chi connectivity index (χ0v) is 22.0. The van der Waals surface area contributed by atoms with Gasteiger partial charge >= 0.3 is 0 Å². The van der Waals surface area contributed by atoms with E-state index in [-0.39, 0.29) is 21.7 Å². The normalized spacial score (nSPS) is 12.0. The fourth-order valence-electron chi connectivity index (χ4n) is 3.46. The summed E-state index contributed by atoms with van der Waals surface area (Å²) in [4.78, 5) is 3.88. The third-order valence-corrected chi connectivity index (χ3v) is 7.92. The highest BCUT2D eigenvalue weighted by molar-refractivity contribution is 7.97. The van der Waals surface area contributed by atoms with Gasteiger partial charge in [0, 0.05) is 0 Å². The van der Waals surface area contributed by atoms with Crippen LogP contribution in [0.2, 0.25) is 0 Å². The maximum Gasteiger partial charge on any atom is 0.166 e. The molecule has 0 radical (unpaired) electrons. The molecule has 0 bridgehead atoms. The molecule has 1 nitrogen and oxygen atoms in total. The van der Waals surface area contributed by atoms with Crippen molar-refractivity contribution in [3.63, 3.8) is 0 Å². The Morgan fingerprint density at radius 2 is 0.939 bits per heavy atom. The molecule has 2 heteroatoms. The number of benzene rings is 3. The molecule has 0 amide bonds. The Hall–Kier alpha value is -2.71.